The number of nitrogens with zero attached hydrogens (tertiary/aromatic N) is 2. The zero-order valence-corrected chi connectivity index (χ0v) is 12.5. The van der Waals surface area contributed by atoms with Crippen LogP contribution in [0.3, 0.4) is 0 Å². The average molecular weight is 295 g/mol. The largest absolute Gasteiger partial charge is 0.497 e. The molecule has 0 spiro atoms. The predicted octanol–water partition coefficient (Wildman–Crippen LogP) is 2.89. The van der Waals surface area contributed by atoms with Gasteiger partial charge in [0.25, 0.3) is 0 Å². The summed E-state index contributed by atoms with van der Waals surface area (Å²) in [7, 11) is 1.51. The Balaban J connectivity index is 2.04. The molecule has 0 saturated carbocycles. The van der Waals surface area contributed by atoms with Crippen LogP contribution in [-0.2, 0) is 6.42 Å². The van der Waals surface area contributed by atoms with Crippen LogP contribution in [0, 0.1) is 5.82 Å². The molecule has 1 heterocycles. The van der Waals surface area contributed by atoms with E-state index in [4.69, 9.17) is 4.74 Å². The van der Waals surface area contributed by atoms with E-state index in [0.29, 0.717) is 16.3 Å². The van der Waals surface area contributed by atoms with E-state index < -0.39 is 0 Å². The minimum Gasteiger partial charge on any atom is -0.497 e. The molecule has 108 valence electrons. The van der Waals surface area contributed by atoms with Crippen LogP contribution in [-0.4, -0.2) is 30.4 Å². The Morgan fingerprint density at radius 2 is 2.15 bits per heavy atom. The second-order valence-corrected chi connectivity index (χ2v) is 5.41. The van der Waals surface area contributed by atoms with Crippen molar-refractivity contribution in [2.24, 2.45) is 0 Å². The molecule has 0 aliphatic rings. The lowest BCUT2D eigenvalue weighted by Crippen LogP contribution is -2.17. The van der Waals surface area contributed by atoms with Crippen molar-refractivity contribution in [1.29, 1.82) is 0 Å². The summed E-state index contributed by atoms with van der Waals surface area (Å²) >= 11 is 1.43. The number of methoxy groups -OCH3 is 1. The smallest absolute Gasteiger partial charge is 0.150 e. The number of nitrogens with one attached hydrogen (secondary N) is 1. The van der Waals surface area contributed by atoms with E-state index >= 15 is 0 Å². The molecule has 0 amide bonds. The number of halogens is 1. The summed E-state index contributed by atoms with van der Waals surface area (Å²) in [6.07, 6.45) is 1.92. The number of hydrogen-bond donors (Lipinski definition) is 1. The number of hydrogen-bond acceptors (Lipinski definition) is 5. The molecule has 0 saturated heterocycles. The zero-order chi connectivity index (χ0) is 14.4. The van der Waals surface area contributed by atoms with Gasteiger partial charge in [-0.3, -0.25) is 0 Å². The molecular formula is C14H18FN3OS. The Kier molecular flexibility index (Phi) is 5.43. The first-order valence-corrected chi connectivity index (χ1v) is 7.43. The molecule has 2 rings (SSSR count). The Hall–Kier alpha value is -1.53. The van der Waals surface area contributed by atoms with Gasteiger partial charge < -0.3 is 10.1 Å². The van der Waals surface area contributed by atoms with Crippen molar-refractivity contribution in [3.63, 3.8) is 0 Å². The average Bonchev–Trinajstić information content (AvgIpc) is 2.92. The summed E-state index contributed by atoms with van der Waals surface area (Å²) in [4.78, 5) is 0. The van der Waals surface area contributed by atoms with Crippen molar-refractivity contribution in [2.75, 3.05) is 20.2 Å². The highest BCUT2D eigenvalue weighted by molar-refractivity contribution is 7.14. The van der Waals surface area contributed by atoms with E-state index in [-0.39, 0.29) is 5.82 Å². The van der Waals surface area contributed by atoms with E-state index in [9.17, 15) is 4.39 Å². The van der Waals surface area contributed by atoms with Crippen LogP contribution < -0.4 is 10.1 Å². The minimum atomic E-state index is -0.337. The highest BCUT2D eigenvalue weighted by atomic mass is 32.1. The highest BCUT2D eigenvalue weighted by Gasteiger charge is 2.12. The maximum absolute atomic E-state index is 13.9. The molecule has 1 aromatic heterocycles. The summed E-state index contributed by atoms with van der Waals surface area (Å²) < 4.78 is 18.9. The van der Waals surface area contributed by atoms with E-state index in [0.717, 1.165) is 30.9 Å². The lowest BCUT2D eigenvalue weighted by atomic mass is 10.2. The Bertz CT molecular complexity index is 559. The van der Waals surface area contributed by atoms with Crippen LogP contribution in [0.1, 0.15) is 18.4 Å². The molecule has 1 aromatic carbocycles. The molecule has 2 aromatic rings. The first kappa shape index (κ1) is 14.9. The predicted molar refractivity (Wildman–Crippen MR) is 78.7 cm³/mol. The second kappa shape index (κ2) is 7.31. The van der Waals surface area contributed by atoms with E-state index in [1.54, 1.807) is 12.1 Å². The highest BCUT2D eigenvalue weighted by Crippen LogP contribution is 2.28. The molecule has 0 radical (unpaired) electrons. The van der Waals surface area contributed by atoms with Gasteiger partial charge in [-0.1, -0.05) is 18.3 Å². The fourth-order valence-electron chi connectivity index (χ4n) is 1.76. The van der Waals surface area contributed by atoms with Crippen LogP contribution in [0.4, 0.5) is 4.39 Å². The van der Waals surface area contributed by atoms with Gasteiger partial charge in [0.2, 0.25) is 0 Å². The van der Waals surface area contributed by atoms with Crippen LogP contribution in [0.25, 0.3) is 10.6 Å². The zero-order valence-electron chi connectivity index (χ0n) is 11.6. The molecule has 4 nitrogen and oxygen atoms in total. The monoisotopic (exact) mass is 295 g/mol. The summed E-state index contributed by atoms with van der Waals surface area (Å²) in [5.41, 5.74) is 0.469. The third kappa shape index (κ3) is 3.74. The van der Waals surface area contributed by atoms with E-state index in [1.165, 1.54) is 24.5 Å². The van der Waals surface area contributed by atoms with Crippen LogP contribution >= 0.6 is 11.3 Å². The van der Waals surface area contributed by atoms with E-state index in [2.05, 4.69) is 22.4 Å². The molecule has 0 aliphatic carbocycles. The molecule has 0 unspecified atom stereocenters. The van der Waals surface area contributed by atoms with E-state index in [1.807, 2.05) is 0 Å². The number of benzene rings is 1. The molecule has 6 heteroatoms. The van der Waals surface area contributed by atoms with Crippen molar-refractivity contribution >= 4 is 11.3 Å². The van der Waals surface area contributed by atoms with Gasteiger partial charge in [0.15, 0.2) is 5.01 Å². The van der Waals surface area contributed by atoms with Crippen LogP contribution in [0.5, 0.6) is 5.75 Å². The fraction of sp³-hybridized carbons (Fsp3) is 0.429. The number of rotatable bonds is 7. The van der Waals surface area contributed by atoms with Crippen molar-refractivity contribution in [3.05, 3.63) is 29.0 Å². The maximum Gasteiger partial charge on any atom is 0.150 e. The van der Waals surface area contributed by atoms with Gasteiger partial charge in [0.05, 0.1) is 7.11 Å². The van der Waals surface area contributed by atoms with Gasteiger partial charge in [-0.2, -0.15) is 0 Å². The lowest BCUT2D eigenvalue weighted by molar-refractivity contribution is 0.411. The first-order valence-electron chi connectivity index (χ1n) is 6.61. The lowest BCUT2D eigenvalue weighted by Gasteiger charge is -2.02. The quantitative estimate of drug-likeness (QED) is 0.798. The fourth-order valence-corrected chi connectivity index (χ4v) is 2.62. The van der Waals surface area contributed by atoms with Crippen molar-refractivity contribution in [2.45, 2.75) is 19.8 Å². The van der Waals surface area contributed by atoms with Crippen molar-refractivity contribution < 1.29 is 9.13 Å². The Morgan fingerprint density at radius 1 is 1.30 bits per heavy atom. The molecule has 1 N–H and O–H groups in total. The van der Waals surface area contributed by atoms with Crippen LogP contribution in [0.15, 0.2) is 18.2 Å². The van der Waals surface area contributed by atoms with Gasteiger partial charge in [0, 0.05) is 24.6 Å². The summed E-state index contributed by atoms with van der Waals surface area (Å²) in [6, 6.07) is 4.76. The van der Waals surface area contributed by atoms with Gasteiger partial charge >= 0.3 is 0 Å². The molecular weight excluding hydrogens is 277 g/mol. The van der Waals surface area contributed by atoms with Crippen LogP contribution in [0.2, 0.25) is 0 Å². The van der Waals surface area contributed by atoms with Gasteiger partial charge in [0.1, 0.15) is 16.6 Å². The third-order valence-corrected chi connectivity index (χ3v) is 3.83. The minimum absolute atomic E-state index is 0.337. The molecule has 20 heavy (non-hydrogen) atoms. The summed E-state index contributed by atoms with van der Waals surface area (Å²) in [5, 5.41) is 13.0. The van der Waals surface area contributed by atoms with Crippen molar-refractivity contribution in [1.82, 2.24) is 15.5 Å². The Morgan fingerprint density at radius 3 is 2.85 bits per heavy atom. The molecule has 0 aliphatic heterocycles. The normalized spacial score (nSPS) is 10.8. The van der Waals surface area contributed by atoms with Gasteiger partial charge in [-0.25, -0.2) is 4.39 Å². The number of aromatic nitrogens is 2. The summed E-state index contributed by atoms with van der Waals surface area (Å²) in [5.74, 6) is 0.163. The third-order valence-electron chi connectivity index (χ3n) is 2.82. The van der Waals surface area contributed by atoms with Gasteiger partial charge in [-0.15, -0.1) is 10.2 Å². The second-order valence-electron chi connectivity index (χ2n) is 4.35. The molecule has 0 fully saturated rings. The maximum atomic E-state index is 13.9. The standard InChI is InChI=1S/C14H18FN3OS/c1-3-7-16-8-6-13-17-18-14(20-13)11-5-4-10(19-2)9-12(11)15/h4-5,9,16H,3,6-8H2,1-2H3. The SMILES string of the molecule is CCCNCCc1nnc(-c2ccc(OC)cc2F)s1. The molecule has 0 atom stereocenters. The first-order chi connectivity index (χ1) is 9.74. The summed E-state index contributed by atoms with van der Waals surface area (Å²) in [6.45, 7) is 3.99. The Labute approximate surface area is 122 Å². The number of ether oxygens (including phenoxy) is 1. The topological polar surface area (TPSA) is 47.0 Å². The van der Waals surface area contributed by atoms with Crippen molar-refractivity contribution in [3.8, 4) is 16.3 Å². The van der Waals surface area contributed by atoms with Gasteiger partial charge in [-0.05, 0) is 25.1 Å². The molecule has 0 bridgehead atoms.